The number of aliphatic carboxylic acids is 1. The Bertz CT molecular complexity index is 379. The van der Waals surface area contributed by atoms with Crippen LogP contribution >= 0.6 is 0 Å². The van der Waals surface area contributed by atoms with E-state index >= 15 is 0 Å². The summed E-state index contributed by atoms with van der Waals surface area (Å²) in [5.74, 6) is -1.07. The zero-order valence-corrected chi connectivity index (χ0v) is 9.33. The minimum Gasteiger partial charge on any atom is -0.481 e. The van der Waals surface area contributed by atoms with Crippen molar-refractivity contribution in [2.75, 3.05) is 5.32 Å². The van der Waals surface area contributed by atoms with Crippen molar-refractivity contribution in [2.45, 2.75) is 33.1 Å². The lowest BCUT2D eigenvalue weighted by Crippen LogP contribution is -2.12. The lowest BCUT2D eigenvalue weighted by Gasteiger charge is -2.04. The van der Waals surface area contributed by atoms with E-state index in [1.165, 1.54) is 0 Å². The molecule has 3 N–H and O–H groups in total. The van der Waals surface area contributed by atoms with E-state index in [-0.39, 0.29) is 18.7 Å². The highest BCUT2D eigenvalue weighted by Gasteiger charge is 2.10. The van der Waals surface area contributed by atoms with Gasteiger partial charge in [0.2, 0.25) is 5.91 Å². The quantitative estimate of drug-likeness (QED) is 0.702. The fraction of sp³-hybridized carbons (Fsp3) is 0.500. The van der Waals surface area contributed by atoms with Gasteiger partial charge in [-0.3, -0.25) is 14.7 Å². The molecule has 1 aromatic heterocycles. The molecule has 0 atom stereocenters. The molecule has 1 heterocycles. The molecule has 1 rings (SSSR count). The number of anilines is 1. The number of carbonyl (C=O) groups is 2. The van der Waals surface area contributed by atoms with Crippen molar-refractivity contribution in [1.29, 1.82) is 0 Å². The van der Waals surface area contributed by atoms with E-state index in [1.807, 2.05) is 6.92 Å². The summed E-state index contributed by atoms with van der Waals surface area (Å²) in [7, 11) is 0. The maximum Gasteiger partial charge on any atom is 0.303 e. The van der Waals surface area contributed by atoms with Gasteiger partial charge in [0.25, 0.3) is 0 Å². The van der Waals surface area contributed by atoms with Crippen molar-refractivity contribution in [3.8, 4) is 0 Å². The van der Waals surface area contributed by atoms with Crippen molar-refractivity contribution < 1.29 is 14.7 Å². The predicted molar refractivity (Wildman–Crippen MR) is 58.2 cm³/mol. The molecule has 0 aliphatic heterocycles. The Hall–Kier alpha value is -1.85. The van der Waals surface area contributed by atoms with Crippen LogP contribution in [0.1, 0.15) is 30.7 Å². The number of carbonyl (C=O) groups excluding carboxylic acids is 1. The molecule has 1 aromatic rings. The van der Waals surface area contributed by atoms with E-state index in [2.05, 4.69) is 15.5 Å². The lowest BCUT2D eigenvalue weighted by atomic mass is 10.2. The van der Waals surface area contributed by atoms with Crippen LogP contribution < -0.4 is 5.32 Å². The van der Waals surface area contributed by atoms with Crippen molar-refractivity contribution in [3.05, 3.63) is 11.4 Å². The van der Waals surface area contributed by atoms with Crippen LogP contribution in [0.3, 0.4) is 0 Å². The van der Waals surface area contributed by atoms with Gasteiger partial charge in [0.15, 0.2) is 0 Å². The molecule has 0 aromatic carbocycles. The molecular formula is C10H15N3O3. The highest BCUT2D eigenvalue weighted by atomic mass is 16.4. The van der Waals surface area contributed by atoms with Crippen molar-refractivity contribution >= 4 is 17.6 Å². The number of nitrogens with one attached hydrogen (secondary N) is 2. The Morgan fingerprint density at radius 3 is 2.56 bits per heavy atom. The molecule has 0 saturated heterocycles. The summed E-state index contributed by atoms with van der Waals surface area (Å²) in [5.41, 5.74) is 2.20. The smallest absolute Gasteiger partial charge is 0.303 e. The number of amides is 1. The number of hydrogen-bond donors (Lipinski definition) is 3. The summed E-state index contributed by atoms with van der Waals surface area (Å²) in [6.45, 7) is 3.60. The van der Waals surface area contributed by atoms with Gasteiger partial charge in [-0.1, -0.05) is 0 Å². The first-order valence-corrected chi connectivity index (χ1v) is 5.04. The molecule has 0 aliphatic carbocycles. The first kappa shape index (κ1) is 12.2. The SMILES string of the molecule is Cc1n[nH]c(C)c1NC(=O)CCCC(=O)O. The van der Waals surface area contributed by atoms with Gasteiger partial charge in [-0.25, -0.2) is 0 Å². The standard InChI is InChI=1S/C10H15N3O3/c1-6-10(7(2)13-12-6)11-8(14)4-3-5-9(15)16/h3-5H2,1-2H3,(H,11,14)(H,12,13)(H,15,16). The second kappa shape index (κ2) is 5.29. The number of nitrogens with zero attached hydrogens (tertiary/aromatic N) is 1. The summed E-state index contributed by atoms with van der Waals surface area (Å²) in [5, 5.41) is 17.8. The zero-order valence-electron chi connectivity index (χ0n) is 9.33. The summed E-state index contributed by atoms with van der Waals surface area (Å²) in [6.07, 6.45) is 0.560. The Kier molecular flexibility index (Phi) is 4.04. The Balaban J connectivity index is 2.43. The van der Waals surface area contributed by atoms with E-state index in [0.717, 1.165) is 11.4 Å². The maximum absolute atomic E-state index is 11.5. The molecule has 0 fully saturated rings. The molecule has 0 aliphatic rings. The van der Waals surface area contributed by atoms with Crippen LogP contribution in [0.5, 0.6) is 0 Å². The van der Waals surface area contributed by atoms with Gasteiger partial charge in [0.05, 0.1) is 17.1 Å². The van der Waals surface area contributed by atoms with E-state index in [0.29, 0.717) is 12.1 Å². The van der Waals surface area contributed by atoms with Crippen molar-refractivity contribution in [2.24, 2.45) is 0 Å². The van der Waals surface area contributed by atoms with Gasteiger partial charge in [0, 0.05) is 12.8 Å². The second-order valence-corrected chi connectivity index (χ2v) is 3.60. The molecule has 88 valence electrons. The first-order valence-electron chi connectivity index (χ1n) is 5.04. The van der Waals surface area contributed by atoms with Gasteiger partial charge < -0.3 is 10.4 Å². The molecule has 6 heteroatoms. The minimum absolute atomic E-state index is 0.0107. The Labute approximate surface area is 93.1 Å². The summed E-state index contributed by atoms with van der Waals surface area (Å²) in [6, 6.07) is 0. The van der Waals surface area contributed by atoms with E-state index in [9.17, 15) is 9.59 Å². The van der Waals surface area contributed by atoms with Crippen LogP contribution in [0, 0.1) is 13.8 Å². The zero-order chi connectivity index (χ0) is 12.1. The summed E-state index contributed by atoms with van der Waals surface area (Å²) < 4.78 is 0. The number of rotatable bonds is 5. The number of carboxylic acids is 1. The monoisotopic (exact) mass is 225 g/mol. The van der Waals surface area contributed by atoms with Crippen molar-refractivity contribution in [1.82, 2.24) is 10.2 Å². The fourth-order valence-electron chi connectivity index (χ4n) is 1.34. The van der Waals surface area contributed by atoms with E-state index < -0.39 is 5.97 Å². The molecular weight excluding hydrogens is 210 g/mol. The number of aryl methyl sites for hydroxylation is 2. The summed E-state index contributed by atoms with van der Waals surface area (Å²) >= 11 is 0. The normalized spacial score (nSPS) is 10.1. The third-order valence-corrected chi connectivity index (χ3v) is 2.19. The van der Waals surface area contributed by atoms with Crippen LogP contribution in [0.2, 0.25) is 0 Å². The average Bonchev–Trinajstić information content (AvgIpc) is 2.49. The van der Waals surface area contributed by atoms with Crippen LogP contribution in [0.25, 0.3) is 0 Å². The number of aromatic amines is 1. The first-order chi connectivity index (χ1) is 7.50. The highest BCUT2D eigenvalue weighted by molar-refractivity contribution is 5.91. The van der Waals surface area contributed by atoms with Crippen LogP contribution in [0.4, 0.5) is 5.69 Å². The third-order valence-electron chi connectivity index (χ3n) is 2.19. The molecule has 0 spiro atoms. The molecule has 0 unspecified atom stereocenters. The molecule has 0 bridgehead atoms. The number of aromatic nitrogens is 2. The molecule has 0 radical (unpaired) electrons. The second-order valence-electron chi connectivity index (χ2n) is 3.60. The molecule has 1 amide bonds. The van der Waals surface area contributed by atoms with Gasteiger partial charge >= 0.3 is 5.97 Å². The van der Waals surface area contributed by atoms with Gasteiger partial charge in [-0.15, -0.1) is 0 Å². The Morgan fingerprint density at radius 1 is 1.38 bits per heavy atom. The number of H-pyrrole nitrogens is 1. The van der Waals surface area contributed by atoms with Gasteiger partial charge in [-0.2, -0.15) is 5.10 Å². The lowest BCUT2D eigenvalue weighted by molar-refractivity contribution is -0.137. The fourth-order valence-corrected chi connectivity index (χ4v) is 1.34. The maximum atomic E-state index is 11.5. The molecule has 6 nitrogen and oxygen atoms in total. The van der Waals surface area contributed by atoms with Crippen LogP contribution in [-0.2, 0) is 9.59 Å². The van der Waals surface area contributed by atoms with Gasteiger partial charge in [0.1, 0.15) is 0 Å². The van der Waals surface area contributed by atoms with Gasteiger partial charge in [-0.05, 0) is 20.3 Å². The van der Waals surface area contributed by atoms with E-state index in [4.69, 9.17) is 5.11 Å². The number of hydrogen-bond acceptors (Lipinski definition) is 3. The van der Waals surface area contributed by atoms with Crippen LogP contribution in [-0.4, -0.2) is 27.2 Å². The minimum atomic E-state index is -0.886. The van der Waals surface area contributed by atoms with Crippen LogP contribution in [0.15, 0.2) is 0 Å². The predicted octanol–water partition coefficient (Wildman–Crippen LogP) is 1.22. The van der Waals surface area contributed by atoms with Crippen molar-refractivity contribution in [3.63, 3.8) is 0 Å². The van der Waals surface area contributed by atoms with E-state index in [1.54, 1.807) is 6.92 Å². The largest absolute Gasteiger partial charge is 0.481 e. The highest BCUT2D eigenvalue weighted by Crippen LogP contribution is 2.16. The molecule has 16 heavy (non-hydrogen) atoms. The average molecular weight is 225 g/mol. The molecule has 0 saturated carbocycles. The summed E-state index contributed by atoms with van der Waals surface area (Å²) in [4.78, 5) is 21.7. The Morgan fingerprint density at radius 2 is 2.06 bits per heavy atom. The third kappa shape index (κ3) is 3.38. The number of carboxylic acid groups (broad SMARTS) is 1. The topological polar surface area (TPSA) is 95.1 Å².